The second kappa shape index (κ2) is 7.40. The largest absolute Gasteiger partial charge is 0.476 e. The Balaban J connectivity index is 1.71. The average molecular weight is 370 g/mol. The fraction of sp³-hybridized carbons (Fsp3) is 0.0435. The van der Waals surface area contributed by atoms with Gasteiger partial charge in [0, 0.05) is 5.56 Å². The number of aromatic carboxylic acids is 1. The van der Waals surface area contributed by atoms with E-state index in [1.54, 1.807) is 10.7 Å². The molecule has 0 saturated carbocycles. The molecule has 1 heterocycles. The fourth-order valence-corrected chi connectivity index (χ4v) is 2.97. The minimum Gasteiger partial charge on any atom is -0.476 e. The Morgan fingerprint density at radius 1 is 0.893 bits per heavy atom. The molecule has 1 aromatic heterocycles. The van der Waals surface area contributed by atoms with Crippen molar-refractivity contribution < 1.29 is 14.6 Å². The molecule has 4 aromatic rings. The molecule has 0 unspecified atom stereocenters. The van der Waals surface area contributed by atoms with Crippen molar-refractivity contribution in [3.05, 3.63) is 96.2 Å². The number of nitrogens with zero attached hydrogens (tertiary/aromatic N) is 2. The molecule has 0 radical (unpaired) electrons. The quantitative estimate of drug-likeness (QED) is 0.515. The van der Waals surface area contributed by atoms with Gasteiger partial charge in [0.05, 0.1) is 11.4 Å². The molecule has 0 bridgehead atoms. The Labute approximate surface area is 162 Å². The number of hydrogen-bond donors (Lipinski definition) is 1. The predicted molar refractivity (Wildman–Crippen MR) is 107 cm³/mol. The Bertz CT molecular complexity index is 1120. The molecule has 0 atom stereocenters. The zero-order valence-corrected chi connectivity index (χ0v) is 15.2. The summed E-state index contributed by atoms with van der Waals surface area (Å²) in [7, 11) is 0. The number of benzene rings is 3. The lowest BCUT2D eigenvalue weighted by Crippen LogP contribution is -2.02. The molecule has 0 fully saturated rings. The van der Waals surface area contributed by atoms with Crippen LogP contribution in [-0.4, -0.2) is 20.9 Å². The summed E-state index contributed by atoms with van der Waals surface area (Å²) >= 11 is 0. The van der Waals surface area contributed by atoms with Crippen molar-refractivity contribution in [2.45, 2.75) is 6.92 Å². The van der Waals surface area contributed by atoms with Crippen molar-refractivity contribution in [1.29, 1.82) is 0 Å². The van der Waals surface area contributed by atoms with Crippen LogP contribution in [0.4, 0.5) is 0 Å². The van der Waals surface area contributed by atoms with Gasteiger partial charge in [-0.1, -0.05) is 30.3 Å². The van der Waals surface area contributed by atoms with E-state index in [9.17, 15) is 9.90 Å². The highest BCUT2D eigenvalue weighted by atomic mass is 16.5. The van der Waals surface area contributed by atoms with Crippen LogP contribution in [-0.2, 0) is 0 Å². The molecule has 28 heavy (non-hydrogen) atoms. The van der Waals surface area contributed by atoms with Crippen LogP contribution in [0.1, 0.15) is 16.1 Å². The summed E-state index contributed by atoms with van der Waals surface area (Å²) in [6, 6.07) is 26.4. The van der Waals surface area contributed by atoms with Crippen LogP contribution in [0.2, 0.25) is 0 Å². The van der Waals surface area contributed by atoms with Crippen LogP contribution in [0.15, 0.2) is 84.9 Å². The maximum absolute atomic E-state index is 11.5. The normalized spacial score (nSPS) is 10.6. The zero-order chi connectivity index (χ0) is 19.5. The third-order valence-corrected chi connectivity index (χ3v) is 4.30. The molecule has 3 aromatic carbocycles. The highest BCUT2D eigenvalue weighted by Gasteiger charge is 2.16. The molecule has 0 aliphatic rings. The first-order chi connectivity index (χ1) is 13.6. The summed E-state index contributed by atoms with van der Waals surface area (Å²) in [5, 5.41) is 13.7. The van der Waals surface area contributed by atoms with Gasteiger partial charge in [-0.2, -0.15) is 5.10 Å². The third-order valence-electron chi connectivity index (χ3n) is 4.30. The molecule has 0 aliphatic carbocycles. The summed E-state index contributed by atoms with van der Waals surface area (Å²) in [6.45, 7) is 1.99. The lowest BCUT2D eigenvalue weighted by molar-refractivity contribution is 0.0690. The third kappa shape index (κ3) is 3.64. The smallest absolute Gasteiger partial charge is 0.356 e. The SMILES string of the molecule is Cc1cccc(-n2nc(C(=O)O)cc2-c2ccc(Oc3ccccc3)cc2)c1. The second-order valence-electron chi connectivity index (χ2n) is 6.41. The minimum atomic E-state index is -1.06. The van der Waals surface area contributed by atoms with Crippen molar-refractivity contribution in [3.8, 4) is 28.4 Å². The van der Waals surface area contributed by atoms with Gasteiger partial charge in [0.2, 0.25) is 0 Å². The maximum Gasteiger partial charge on any atom is 0.356 e. The maximum atomic E-state index is 11.5. The van der Waals surface area contributed by atoms with E-state index in [1.165, 1.54) is 0 Å². The summed E-state index contributed by atoms with van der Waals surface area (Å²) in [5.41, 5.74) is 3.44. The Hall–Kier alpha value is -3.86. The summed E-state index contributed by atoms with van der Waals surface area (Å²) in [6.07, 6.45) is 0. The predicted octanol–water partition coefficient (Wildman–Crippen LogP) is 5.34. The molecule has 0 aliphatic heterocycles. The monoisotopic (exact) mass is 370 g/mol. The van der Waals surface area contributed by atoms with Crippen LogP contribution in [0, 0.1) is 6.92 Å². The van der Waals surface area contributed by atoms with Crippen LogP contribution >= 0.6 is 0 Å². The number of hydrogen-bond acceptors (Lipinski definition) is 3. The van der Waals surface area contributed by atoms with Gasteiger partial charge in [0.15, 0.2) is 5.69 Å². The summed E-state index contributed by atoms with van der Waals surface area (Å²) in [5.74, 6) is 0.403. The first kappa shape index (κ1) is 17.5. The molecule has 0 spiro atoms. The number of para-hydroxylation sites is 1. The number of carboxylic acid groups (broad SMARTS) is 1. The topological polar surface area (TPSA) is 64.4 Å². The number of aromatic nitrogens is 2. The second-order valence-corrected chi connectivity index (χ2v) is 6.41. The molecule has 138 valence electrons. The van der Waals surface area contributed by atoms with Crippen molar-refractivity contribution >= 4 is 5.97 Å². The molecular formula is C23H18N2O3. The lowest BCUT2D eigenvalue weighted by atomic mass is 10.1. The molecule has 0 saturated heterocycles. The molecule has 5 nitrogen and oxygen atoms in total. The van der Waals surface area contributed by atoms with Crippen molar-refractivity contribution in [3.63, 3.8) is 0 Å². The van der Waals surface area contributed by atoms with Gasteiger partial charge >= 0.3 is 5.97 Å². The molecule has 0 amide bonds. The van der Waals surface area contributed by atoms with Gasteiger partial charge < -0.3 is 9.84 Å². The van der Waals surface area contributed by atoms with E-state index in [2.05, 4.69) is 5.10 Å². The van der Waals surface area contributed by atoms with E-state index < -0.39 is 5.97 Å². The van der Waals surface area contributed by atoms with Gasteiger partial charge in [-0.3, -0.25) is 0 Å². The number of carbonyl (C=O) groups is 1. The standard InChI is InChI=1S/C23H18N2O3/c1-16-6-5-7-18(14-16)25-22(15-21(24-25)23(26)27)17-10-12-20(13-11-17)28-19-8-3-2-4-9-19/h2-15H,1H3,(H,26,27). The summed E-state index contributed by atoms with van der Waals surface area (Å²) < 4.78 is 7.48. The van der Waals surface area contributed by atoms with E-state index in [0.29, 0.717) is 11.4 Å². The molecule has 5 heteroatoms. The Morgan fingerprint density at radius 3 is 2.29 bits per heavy atom. The molecule has 4 rings (SSSR count). The highest BCUT2D eigenvalue weighted by molar-refractivity contribution is 5.87. The van der Waals surface area contributed by atoms with Crippen molar-refractivity contribution in [2.24, 2.45) is 0 Å². The minimum absolute atomic E-state index is 0.00104. The number of carboxylic acids is 1. The van der Waals surface area contributed by atoms with Crippen LogP contribution in [0.3, 0.4) is 0 Å². The first-order valence-electron chi connectivity index (χ1n) is 8.84. The van der Waals surface area contributed by atoms with Gasteiger partial charge in [-0.15, -0.1) is 0 Å². The molecular weight excluding hydrogens is 352 g/mol. The lowest BCUT2D eigenvalue weighted by Gasteiger charge is -2.10. The van der Waals surface area contributed by atoms with Crippen molar-refractivity contribution in [1.82, 2.24) is 9.78 Å². The van der Waals surface area contributed by atoms with E-state index in [0.717, 1.165) is 22.6 Å². The fourth-order valence-electron chi connectivity index (χ4n) is 2.97. The van der Waals surface area contributed by atoms with E-state index in [4.69, 9.17) is 4.74 Å². The van der Waals surface area contributed by atoms with Crippen LogP contribution in [0.5, 0.6) is 11.5 Å². The van der Waals surface area contributed by atoms with Gasteiger partial charge in [-0.05, 0) is 67.1 Å². The summed E-state index contributed by atoms with van der Waals surface area (Å²) in [4.78, 5) is 11.5. The number of ether oxygens (including phenoxy) is 1. The van der Waals surface area contributed by atoms with Gasteiger partial charge in [-0.25, -0.2) is 9.48 Å². The van der Waals surface area contributed by atoms with E-state index in [1.807, 2.05) is 85.8 Å². The number of aryl methyl sites for hydroxylation is 1. The van der Waals surface area contributed by atoms with E-state index >= 15 is 0 Å². The zero-order valence-electron chi connectivity index (χ0n) is 15.2. The molecule has 1 N–H and O–H groups in total. The first-order valence-corrected chi connectivity index (χ1v) is 8.84. The Morgan fingerprint density at radius 2 is 1.61 bits per heavy atom. The van der Waals surface area contributed by atoms with Gasteiger partial charge in [0.1, 0.15) is 11.5 Å². The van der Waals surface area contributed by atoms with Crippen molar-refractivity contribution in [2.75, 3.05) is 0 Å². The average Bonchev–Trinajstić information content (AvgIpc) is 3.15. The van der Waals surface area contributed by atoms with E-state index in [-0.39, 0.29) is 5.69 Å². The number of rotatable bonds is 5. The highest BCUT2D eigenvalue weighted by Crippen LogP contribution is 2.28. The van der Waals surface area contributed by atoms with Crippen LogP contribution < -0.4 is 4.74 Å². The Kier molecular flexibility index (Phi) is 4.64. The van der Waals surface area contributed by atoms with Crippen LogP contribution in [0.25, 0.3) is 16.9 Å². The van der Waals surface area contributed by atoms with Gasteiger partial charge in [0.25, 0.3) is 0 Å².